The largest absolute Gasteiger partial charge is 0.468 e. The van der Waals surface area contributed by atoms with Crippen LogP contribution in [0.2, 0.25) is 0 Å². The van der Waals surface area contributed by atoms with E-state index in [0.717, 1.165) is 25.9 Å². The Hall–Kier alpha value is -1.85. The van der Waals surface area contributed by atoms with Gasteiger partial charge < -0.3 is 9.64 Å². The highest BCUT2D eigenvalue weighted by atomic mass is 16.5. The number of carbonyl (C=O) groups excluding carboxylic acids is 1. The molecular weight excluding hydrogens is 258 g/mol. The molecule has 6 nitrogen and oxygen atoms in total. The van der Waals surface area contributed by atoms with Crippen molar-refractivity contribution in [2.24, 2.45) is 0 Å². The van der Waals surface area contributed by atoms with Gasteiger partial charge in [-0.25, -0.2) is 4.98 Å². The first kappa shape index (κ1) is 14.6. The predicted molar refractivity (Wildman–Crippen MR) is 74.8 cm³/mol. The van der Waals surface area contributed by atoms with Gasteiger partial charge in [0.25, 0.3) is 11.6 Å². The highest BCUT2D eigenvalue weighted by Crippen LogP contribution is 2.11. The maximum Gasteiger partial charge on any atom is 0.299 e. The molecule has 0 saturated carbocycles. The number of aryl methyl sites for hydroxylation is 1. The third kappa shape index (κ3) is 3.37. The Kier molecular flexibility index (Phi) is 4.76. The summed E-state index contributed by atoms with van der Waals surface area (Å²) >= 11 is 0. The van der Waals surface area contributed by atoms with Crippen LogP contribution in [0.25, 0.3) is 0 Å². The third-order valence-electron chi connectivity index (χ3n) is 3.54. The van der Waals surface area contributed by atoms with Crippen LogP contribution in [0.5, 0.6) is 6.01 Å². The lowest BCUT2D eigenvalue weighted by Crippen LogP contribution is -2.37. The van der Waals surface area contributed by atoms with E-state index in [4.69, 9.17) is 4.74 Å². The van der Waals surface area contributed by atoms with Gasteiger partial charge in [0.1, 0.15) is 6.54 Å². The van der Waals surface area contributed by atoms with Crippen molar-refractivity contribution < 1.29 is 9.53 Å². The SMILES string of the molecule is COc1nc(C)cc(=O)n1CC(=O)N1CCCCCC1. The van der Waals surface area contributed by atoms with Crippen molar-refractivity contribution in [3.63, 3.8) is 0 Å². The second kappa shape index (κ2) is 6.54. The van der Waals surface area contributed by atoms with Crippen molar-refractivity contribution in [1.82, 2.24) is 14.5 Å². The topological polar surface area (TPSA) is 64.4 Å². The van der Waals surface area contributed by atoms with E-state index in [1.54, 1.807) is 6.92 Å². The summed E-state index contributed by atoms with van der Waals surface area (Å²) in [6.07, 6.45) is 4.39. The van der Waals surface area contributed by atoms with E-state index in [9.17, 15) is 9.59 Å². The first-order chi connectivity index (χ1) is 9.61. The van der Waals surface area contributed by atoms with E-state index < -0.39 is 0 Å². The molecule has 1 aliphatic rings. The van der Waals surface area contributed by atoms with Gasteiger partial charge in [-0.05, 0) is 19.8 Å². The zero-order valence-electron chi connectivity index (χ0n) is 12.1. The van der Waals surface area contributed by atoms with Gasteiger partial charge in [-0.1, -0.05) is 12.8 Å². The van der Waals surface area contributed by atoms with Gasteiger partial charge in [0, 0.05) is 24.8 Å². The number of aromatic nitrogens is 2. The number of rotatable bonds is 3. The number of carbonyl (C=O) groups is 1. The molecule has 20 heavy (non-hydrogen) atoms. The number of likely N-dealkylation sites (tertiary alicyclic amines) is 1. The summed E-state index contributed by atoms with van der Waals surface area (Å²) in [5.74, 6) is -0.0436. The van der Waals surface area contributed by atoms with Crippen molar-refractivity contribution in [1.29, 1.82) is 0 Å². The highest BCUT2D eigenvalue weighted by Gasteiger charge is 2.18. The van der Waals surface area contributed by atoms with E-state index >= 15 is 0 Å². The number of hydrogen-bond acceptors (Lipinski definition) is 4. The fourth-order valence-electron chi connectivity index (χ4n) is 2.45. The van der Waals surface area contributed by atoms with Gasteiger partial charge >= 0.3 is 0 Å². The van der Waals surface area contributed by atoms with Gasteiger partial charge in [-0.15, -0.1) is 0 Å². The molecule has 1 amide bonds. The molecule has 1 saturated heterocycles. The number of nitrogens with zero attached hydrogens (tertiary/aromatic N) is 3. The Balaban J connectivity index is 2.16. The second-order valence-electron chi connectivity index (χ2n) is 5.10. The monoisotopic (exact) mass is 279 g/mol. The van der Waals surface area contributed by atoms with Crippen LogP contribution in [0, 0.1) is 6.92 Å². The van der Waals surface area contributed by atoms with Gasteiger partial charge in [0.05, 0.1) is 7.11 Å². The molecule has 110 valence electrons. The standard InChI is InChI=1S/C14H21N3O3/c1-11-9-12(18)17(14(15-11)20-2)10-13(19)16-7-5-3-4-6-8-16/h9H,3-8,10H2,1-2H3. The third-order valence-corrected chi connectivity index (χ3v) is 3.54. The summed E-state index contributed by atoms with van der Waals surface area (Å²) in [5.41, 5.74) is 0.336. The lowest BCUT2D eigenvalue weighted by molar-refractivity contribution is -0.131. The molecule has 6 heteroatoms. The normalized spacial score (nSPS) is 15.8. The lowest BCUT2D eigenvalue weighted by Gasteiger charge is -2.21. The van der Waals surface area contributed by atoms with Crippen LogP contribution >= 0.6 is 0 Å². The molecule has 0 bridgehead atoms. The van der Waals surface area contributed by atoms with Crippen LogP contribution in [0.3, 0.4) is 0 Å². The molecule has 1 aliphatic heterocycles. The lowest BCUT2D eigenvalue weighted by atomic mass is 10.2. The molecule has 1 aromatic rings. The zero-order valence-corrected chi connectivity index (χ0v) is 12.1. The van der Waals surface area contributed by atoms with E-state index in [-0.39, 0.29) is 24.0 Å². The molecular formula is C14H21N3O3. The molecule has 0 radical (unpaired) electrons. The van der Waals surface area contributed by atoms with Crippen LogP contribution in [0.15, 0.2) is 10.9 Å². The van der Waals surface area contributed by atoms with Crippen LogP contribution in [0.4, 0.5) is 0 Å². The van der Waals surface area contributed by atoms with E-state index in [2.05, 4.69) is 4.98 Å². The average Bonchev–Trinajstić information content (AvgIpc) is 2.70. The highest BCUT2D eigenvalue weighted by molar-refractivity contribution is 5.76. The van der Waals surface area contributed by atoms with Crippen molar-refractivity contribution in [2.45, 2.75) is 39.2 Å². The Morgan fingerprint density at radius 1 is 1.30 bits per heavy atom. The number of amides is 1. The molecule has 1 aromatic heterocycles. The number of methoxy groups -OCH3 is 1. The minimum absolute atomic E-state index is 0.00468. The predicted octanol–water partition coefficient (Wildman–Crippen LogP) is 0.963. The fraction of sp³-hybridized carbons (Fsp3) is 0.643. The molecule has 1 fully saturated rings. The Labute approximate surface area is 118 Å². The number of ether oxygens (including phenoxy) is 1. The van der Waals surface area contributed by atoms with Crippen LogP contribution in [-0.4, -0.2) is 40.6 Å². The first-order valence-corrected chi connectivity index (χ1v) is 7.02. The molecule has 2 rings (SSSR count). The van der Waals surface area contributed by atoms with Gasteiger partial charge in [-0.3, -0.25) is 14.2 Å². The minimum Gasteiger partial charge on any atom is -0.468 e. The van der Waals surface area contributed by atoms with Crippen LogP contribution in [-0.2, 0) is 11.3 Å². The fourth-order valence-corrected chi connectivity index (χ4v) is 2.45. The summed E-state index contributed by atoms with van der Waals surface area (Å²) in [6, 6.07) is 1.61. The quantitative estimate of drug-likeness (QED) is 0.827. The summed E-state index contributed by atoms with van der Waals surface area (Å²) in [4.78, 5) is 30.3. The van der Waals surface area contributed by atoms with E-state index in [1.807, 2.05) is 4.90 Å². The molecule has 0 spiro atoms. The van der Waals surface area contributed by atoms with Crippen LogP contribution < -0.4 is 10.3 Å². The first-order valence-electron chi connectivity index (χ1n) is 7.02. The number of hydrogen-bond donors (Lipinski definition) is 0. The molecule has 0 unspecified atom stereocenters. The summed E-state index contributed by atoms with van der Waals surface area (Å²) < 4.78 is 6.39. The molecule has 0 aromatic carbocycles. The Morgan fingerprint density at radius 2 is 1.95 bits per heavy atom. The summed E-state index contributed by atoms with van der Waals surface area (Å²) in [5, 5.41) is 0. The molecule has 0 atom stereocenters. The van der Waals surface area contributed by atoms with Gasteiger partial charge in [0.2, 0.25) is 5.91 Å². The Bertz CT molecular complexity index is 531. The summed E-state index contributed by atoms with van der Waals surface area (Å²) in [7, 11) is 1.45. The van der Waals surface area contributed by atoms with Crippen LogP contribution in [0.1, 0.15) is 31.4 Å². The van der Waals surface area contributed by atoms with E-state index in [0.29, 0.717) is 5.69 Å². The Morgan fingerprint density at radius 3 is 2.55 bits per heavy atom. The van der Waals surface area contributed by atoms with E-state index in [1.165, 1.54) is 30.6 Å². The molecule has 0 N–H and O–H groups in total. The second-order valence-corrected chi connectivity index (χ2v) is 5.10. The van der Waals surface area contributed by atoms with Crippen molar-refractivity contribution in [3.05, 3.63) is 22.1 Å². The molecule has 2 heterocycles. The minimum atomic E-state index is -0.252. The maximum atomic E-state index is 12.3. The molecule has 0 aliphatic carbocycles. The van der Waals surface area contributed by atoms with Crippen molar-refractivity contribution in [3.8, 4) is 6.01 Å². The maximum absolute atomic E-state index is 12.3. The smallest absolute Gasteiger partial charge is 0.299 e. The summed E-state index contributed by atoms with van der Waals surface area (Å²) in [6.45, 7) is 3.27. The zero-order chi connectivity index (χ0) is 14.5. The van der Waals surface area contributed by atoms with Crippen molar-refractivity contribution >= 4 is 5.91 Å². The average molecular weight is 279 g/mol. The van der Waals surface area contributed by atoms with Crippen molar-refractivity contribution in [2.75, 3.05) is 20.2 Å². The van der Waals surface area contributed by atoms with Gasteiger partial charge in [0.15, 0.2) is 0 Å². The van der Waals surface area contributed by atoms with Gasteiger partial charge in [-0.2, -0.15) is 0 Å².